The fraction of sp³-hybridized carbons (Fsp3) is 0.273. The van der Waals surface area contributed by atoms with Gasteiger partial charge in [0.25, 0.3) is 5.78 Å². The summed E-state index contributed by atoms with van der Waals surface area (Å²) in [6.45, 7) is 5.58. The molecular formula is C22H22N6O2. The molecule has 0 fully saturated rings. The first-order valence-electron chi connectivity index (χ1n) is 9.85. The number of hydrogen-bond donors (Lipinski definition) is 1. The molecule has 1 aromatic carbocycles. The van der Waals surface area contributed by atoms with Gasteiger partial charge in [-0.3, -0.25) is 4.98 Å². The van der Waals surface area contributed by atoms with Gasteiger partial charge in [-0.1, -0.05) is 6.07 Å². The molecule has 0 amide bonds. The molecule has 0 atom stereocenters. The normalized spacial score (nSPS) is 13.5. The third kappa shape index (κ3) is 3.01. The van der Waals surface area contributed by atoms with E-state index in [1.807, 2.05) is 25.3 Å². The molecule has 1 aliphatic rings. The van der Waals surface area contributed by atoms with E-state index in [0.29, 0.717) is 12.3 Å². The average Bonchev–Trinajstić information content (AvgIpc) is 3.12. The second-order valence-corrected chi connectivity index (χ2v) is 7.63. The summed E-state index contributed by atoms with van der Waals surface area (Å²) in [5.41, 5.74) is 6.36. The lowest BCUT2D eigenvalue weighted by Gasteiger charge is -2.30. The van der Waals surface area contributed by atoms with Crippen molar-refractivity contribution in [3.63, 3.8) is 0 Å². The van der Waals surface area contributed by atoms with Crippen LogP contribution in [0, 0.1) is 13.8 Å². The summed E-state index contributed by atoms with van der Waals surface area (Å²) < 4.78 is 6.76. The van der Waals surface area contributed by atoms with E-state index in [0.717, 1.165) is 52.5 Å². The van der Waals surface area contributed by atoms with Crippen LogP contribution in [0.25, 0.3) is 16.9 Å². The fourth-order valence-corrected chi connectivity index (χ4v) is 4.09. The average molecular weight is 402 g/mol. The van der Waals surface area contributed by atoms with Gasteiger partial charge in [-0.05, 0) is 48.7 Å². The Morgan fingerprint density at radius 1 is 1.17 bits per heavy atom. The molecule has 0 bridgehead atoms. The zero-order chi connectivity index (χ0) is 20.8. The van der Waals surface area contributed by atoms with E-state index in [2.05, 4.69) is 39.1 Å². The molecule has 8 nitrogen and oxygen atoms in total. The van der Waals surface area contributed by atoms with Crippen LogP contribution in [-0.4, -0.2) is 38.2 Å². The summed E-state index contributed by atoms with van der Waals surface area (Å²) in [6.07, 6.45) is 4.58. The molecule has 0 unspecified atom stereocenters. The van der Waals surface area contributed by atoms with Gasteiger partial charge in [0.2, 0.25) is 0 Å². The molecule has 5 rings (SSSR count). The van der Waals surface area contributed by atoms with Gasteiger partial charge < -0.3 is 9.64 Å². The van der Waals surface area contributed by atoms with Gasteiger partial charge in [-0.2, -0.15) is 4.98 Å². The second kappa shape index (κ2) is 6.98. The minimum absolute atomic E-state index is 0.278. The van der Waals surface area contributed by atoms with Gasteiger partial charge in [0.1, 0.15) is 11.6 Å². The molecule has 0 saturated carbocycles. The Kier molecular flexibility index (Phi) is 4.27. The lowest BCUT2D eigenvalue weighted by molar-refractivity contribution is 0.414. The molecule has 152 valence electrons. The molecule has 0 aliphatic carbocycles. The lowest BCUT2D eigenvalue weighted by atomic mass is 9.97. The van der Waals surface area contributed by atoms with Crippen molar-refractivity contribution in [3.8, 4) is 16.9 Å². The summed E-state index contributed by atoms with van der Waals surface area (Å²) >= 11 is 0. The number of aromatic nitrogens is 5. The van der Waals surface area contributed by atoms with Crippen LogP contribution < -0.4 is 15.3 Å². The summed E-state index contributed by atoms with van der Waals surface area (Å²) in [5.74, 6) is 2.08. The Hall–Kier alpha value is -3.68. The van der Waals surface area contributed by atoms with E-state index >= 15 is 0 Å². The highest BCUT2D eigenvalue weighted by Gasteiger charge is 2.22. The molecule has 0 radical (unpaired) electrons. The van der Waals surface area contributed by atoms with E-state index in [-0.39, 0.29) is 5.69 Å². The predicted octanol–water partition coefficient (Wildman–Crippen LogP) is 2.67. The molecule has 30 heavy (non-hydrogen) atoms. The highest BCUT2D eigenvalue weighted by molar-refractivity contribution is 5.68. The van der Waals surface area contributed by atoms with Crippen LogP contribution in [0.2, 0.25) is 0 Å². The number of H-pyrrole nitrogens is 1. The first kappa shape index (κ1) is 18.4. The molecule has 0 spiro atoms. The van der Waals surface area contributed by atoms with Crippen molar-refractivity contribution in [2.75, 3.05) is 18.6 Å². The first-order valence-corrected chi connectivity index (χ1v) is 9.85. The maximum Gasteiger partial charge on any atom is 0.348 e. The molecule has 3 aromatic heterocycles. The Balaban J connectivity index is 1.50. The number of rotatable bonds is 3. The monoisotopic (exact) mass is 402 g/mol. The van der Waals surface area contributed by atoms with Crippen molar-refractivity contribution in [1.82, 2.24) is 24.6 Å². The third-order valence-electron chi connectivity index (χ3n) is 5.65. The summed E-state index contributed by atoms with van der Waals surface area (Å²) in [4.78, 5) is 23.4. The highest BCUT2D eigenvalue weighted by Crippen LogP contribution is 2.30. The van der Waals surface area contributed by atoms with Crippen LogP contribution in [-0.2, 0) is 13.0 Å². The number of hydrogen-bond acceptors (Lipinski definition) is 6. The molecule has 4 aromatic rings. The fourth-order valence-electron chi connectivity index (χ4n) is 4.09. The lowest BCUT2D eigenvalue weighted by Crippen LogP contribution is -2.32. The van der Waals surface area contributed by atoms with E-state index in [4.69, 9.17) is 9.72 Å². The van der Waals surface area contributed by atoms with Crippen molar-refractivity contribution in [3.05, 3.63) is 69.5 Å². The summed E-state index contributed by atoms with van der Waals surface area (Å²) in [7, 11) is 1.68. The van der Waals surface area contributed by atoms with Crippen molar-refractivity contribution in [2.45, 2.75) is 26.8 Å². The van der Waals surface area contributed by atoms with Gasteiger partial charge >= 0.3 is 5.69 Å². The molecule has 4 heterocycles. The number of benzene rings is 1. The molecule has 1 aliphatic heterocycles. The second-order valence-electron chi connectivity index (χ2n) is 7.63. The van der Waals surface area contributed by atoms with Gasteiger partial charge in [0.05, 0.1) is 7.11 Å². The molecule has 1 N–H and O–H groups in total. The molecular weight excluding hydrogens is 380 g/mol. The Bertz CT molecular complexity index is 1320. The Morgan fingerprint density at radius 3 is 2.83 bits per heavy atom. The molecule has 8 heteroatoms. The van der Waals surface area contributed by atoms with Crippen LogP contribution in [0.4, 0.5) is 5.82 Å². The smallest absolute Gasteiger partial charge is 0.348 e. The quantitative estimate of drug-likeness (QED) is 0.567. The zero-order valence-electron chi connectivity index (χ0n) is 17.1. The van der Waals surface area contributed by atoms with Crippen molar-refractivity contribution in [2.24, 2.45) is 0 Å². The number of aromatic amines is 1. The van der Waals surface area contributed by atoms with Gasteiger partial charge in [-0.25, -0.2) is 14.3 Å². The van der Waals surface area contributed by atoms with E-state index in [1.165, 1.54) is 9.96 Å². The number of methoxy groups -OCH3 is 1. The number of anilines is 1. The minimum atomic E-state index is -0.278. The number of nitrogens with one attached hydrogen (secondary N) is 1. The van der Waals surface area contributed by atoms with Crippen LogP contribution in [0.3, 0.4) is 0 Å². The topological polar surface area (TPSA) is 88.4 Å². The highest BCUT2D eigenvalue weighted by atomic mass is 16.5. The third-order valence-corrected chi connectivity index (χ3v) is 5.65. The van der Waals surface area contributed by atoms with Gasteiger partial charge in [0.15, 0.2) is 0 Å². The number of aryl methyl sites for hydroxylation is 2. The first-order chi connectivity index (χ1) is 14.5. The van der Waals surface area contributed by atoms with E-state index in [1.54, 1.807) is 13.3 Å². The van der Waals surface area contributed by atoms with Crippen LogP contribution in [0.1, 0.15) is 22.4 Å². The largest absolute Gasteiger partial charge is 0.497 e. The van der Waals surface area contributed by atoms with Crippen LogP contribution in [0.15, 0.2) is 41.5 Å². The maximum atomic E-state index is 11.8. The SMILES string of the molecule is COc1ccc(-c2cnc3c(c2)CN(c2nc4n[nH]c(=O)n4cc2C)CC3)c(C)c1. The van der Waals surface area contributed by atoms with Crippen LogP contribution >= 0.6 is 0 Å². The zero-order valence-corrected chi connectivity index (χ0v) is 17.1. The predicted molar refractivity (Wildman–Crippen MR) is 114 cm³/mol. The minimum Gasteiger partial charge on any atom is -0.497 e. The van der Waals surface area contributed by atoms with Gasteiger partial charge in [0, 0.05) is 48.7 Å². The number of nitrogens with zero attached hydrogens (tertiary/aromatic N) is 5. The standard InChI is InChI=1S/C22H22N6O2/c1-13-8-17(30-3)4-5-18(13)15-9-16-12-27(7-6-19(16)23-10-15)20-14(2)11-28-21(24-20)25-26-22(28)29/h4-5,8-11H,6-7,12H2,1-3H3,(H,26,29). The summed E-state index contributed by atoms with van der Waals surface area (Å²) in [6, 6.07) is 8.31. The number of ether oxygens (including phenoxy) is 1. The van der Waals surface area contributed by atoms with Gasteiger partial charge in [-0.15, -0.1) is 5.10 Å². The van der Waals surface area contributed by atoms with Crippen molar-refractivity contribution >= 4 is 11.6 Å². The Morgan fingerprint density at radius 2 is 2.03 bits per heavy atom. The number of fused-ring (bicyclic) bond motifs is 2. The van der Waals surface area contributed by atoms with Crippen molar-refractivity contribution < 1.29 is 4.74 Å². The summed E-state index contributed by atoms with van der Waals surface area (Å²) in [5, 5.41) is 6.45. The number of pyridine rings is 1. The van der Waals surface area contributed by atoms with Crippen molar-refractivity contribution in [1.29, 1.82) is 0 Å². The van der Waals surface area contributed by atoms with Crippen LogP contribution in [0.5, 0.6) is 5.75 Å². The maximum absolute atomic E-state index is 11.8. The Labute approximate surface area is 173 Å². The molecule has 0 saturated heterocycles. The van der Waals surface area contributed by atoms with E-state index < -0.39 is 0 Å². The van der Waals surface area contributed by atoms with E-state index in [9.17, 15) is 4.79 Å².